The lowest BCUT2D eigenvalue weighted by Crippen LogP contribution is -2.38. The molecule has 14 heavy (non-hydrogen) atoms. The van der Waals surface area contributed by atoms with Crippen LogP contribution in [0.4, 0.5) is 11.4 Å². The molecule has 0 aliphatic carbocycles. The highest BCUT2D eigenvalue weighted by atomic mass is 127. The van der Waals surface area contributed by atoms with Gasteiger partial charge in [0, 0.05) is 22.7 Å². The minimum atomic E-state index is 0.580. The van der Waals surface area contributed by atoms with Crippen LogP contribution in [0.5, 0.6) is 0 Å². The van der Waals surface area contributed by atoms with Gasteiger partial charge in [-0.2, -0.15) is 0 Å². The highest BCUT2D eigenvalue weighted by Crippen LogP contribution is 2.31. The van der Waals surface area contributed by atoms with Gasteiger partial charge >= 0.3 is 0 Å². The number of hydrogen-bond donors (Lipinski definition) is 1. The molecule has 1 N–H and O–H groups in total. The van der Waals surface area contributed by atoms with Crippen LogP contribution in [0.2, 0.25) is 0 Å². The van der Waals surface area contributed by atoms with Gasteiger partial charge in [0.15, 0.2) is 0 Å². The first-order chi connectivity index (χ1) is 6.68. The number of rotatable bonds is 1. The van der Waals surface area contributed by atoms with E-state index in [1.54, 1.807) is 0 Å². The average Bonchev–Trinajstić information content (AvgIpc) is 2.16. The van der Waals surface area contributed by atoms with E-state index in [2.05, 4.69) is 64.9 Å². The van der Waals surface area contributed by atoms with Gasteiger partial charge in [-0.3, -0.25) is 0 Å². The van der Waals surface area contributed by atoms with E-state index in [1.165, 1.54) is 14.9 Å². The van der Waals surface area contributed by atoms with Crippen LogP contribution < -0.4 is 10.2 Å². The quantitative estimate of drug-likeness (QED) is 0.803. The number of hydrogen-bond acceptors (Lipinski definition) is 2. The average molecular weight is 302 g/mol. The Morgan fingerprint density at radius 3 is 2.93 bits per heavy atom. The molecule has 0 spiro atoms. The summed E-state index contributed by atoms with van der Waals surface area (Å²) in [6.45, 7) is 6.64. The van der Waals surface area contributed by atoms with Crippen LogP contribution in [-0.4, -0.2) is 19.1 Å². The van der Waals surface area contributed by atoms with Crippen molar-refractivity contribution in [2.75, 3.05) is 23.3 Å². The summed E-state index contributed by atoms with van der Waals surface area (Å²) in [5.41, 5.74) is 2.61. The molecule has 1 heterocycles. The molecular formula is C11H15IN2. The van der Waals surface area contributed by atoms with E-state index in [9.17, 15) is 0 Å². The predicted molar refractivity (Wildman–Crippen MR) is 70.1 cm³/mol. The van der Waals surface area contributed by atoms with E-state index in [4.69, 9.17) is 0 Å². The number of benzene rings is 1. The van der Waals surface area contributed by atoms with E-state index in [1.807, 2.05) is 0 Å². The zero-order valence-electron chi connectivity index (χ0n) is 8.55. The molecule has 0 radical (unpaired) electrons. The first kappa shape index (κ1) is 10.1. The molecule has 0 fully saturated rings. The molecule has 2 rings (SSSR count). The first-order valence-electron chi connectivity index (χ1n) is 4.98. The minimum absolute atomic E-state index is 0.580. The van der Waals surface area contributed by atoms with Gasteiger partial charge in [0.1, 0.15) is 0 Å². The predicted octanol–water partition coefficient (Wildman–Crippen LogP) is 2.93. The zero-order chi connectivity index (χ0) is 10.1. The molecule has 0 aromatic heterocycles. The van der Waals surface area contributed by atoms with Gasteiger partial charge in [-0.05, 0) is 54.6 Å². The topological polar surface area (TPSA) is 15.3 Å². The Hall–Kier alpha value is -0.450. The summed E-state index contributed by atoms with van der Waals surface area (Å²) in [4.78, 5) is 2.45. The van der Waals surface area contributed by atoms with Crippen LogP contribution in [0.15, 0.2) is 18.2 Å². The second-order valence-electron chi connectivity index (χ2n) is 3.88. The molecule has 0 atom stereocenters. The third-order valence-corrected chi connectivity index (χ3v) is 3.23. The summed E-state index contributed by atoms with van der Waals surface area (Å²) < 4.78 is 1.29. The van der Waals surface area contributed by atoms with Gasteiger partial charge in [0.05, 0.1) is 11.4 Å². The maximum absolute atomic E-state index is 3.44. The van der Waals surface area contributed by atoms with E-state index < -0.39 is 0 Å². The van der Waals surface area contributed by atoms with Crippen molar-refractivity contribution in [3.63, 3.8) is 0 Å². The van der Waals surface area contributed by atoms with E-state index in [-0.39, 0.29) is 0 Å². The van der Waals surface area contributed by atoms with Gasteiger partial charge in [0.25, 0.3) is 0 Å². The van der Waals surface area contributed by atoms with Crippen molar-refractivity contribution >= 4 is 34.0 Å². The monoisotopic (exact) mass is 302 g/mol. The van der Waals surface area contributed by atoms with Gasteiger partial charge in [0.2, 0.25) is 0 Å². The summed E-state index contributed by atoms with van der Waals surface area (Å²) in [7, 11) is 0. The molecule has 3 heteroatoms. The minimum Gasteiger partial charge on any atom is -0.382 e. The van der Waals surface area contributed by atoms with Crippen molar-refractivity contribution in [1.29, 1.82) is 0 Å². The molecule has 0 bridgehead atoms. The number of nitrogens with zero attached hydrogens (tertiary/aromatic N) is 1. The summed E-state index contributed by atoms with van der Waals surface area (Å²) in [6, 6.07) is 7.17. The SMILES string of the molecule is CC(C)N1CCNc2cc(I)ccc21. The van der Waals surface area contributed by atoms with Crippen LogP contribution in [0.25, 0.3) is 0 Å². The molecule has 1 aromatic rings. The Labute approximate surface area is 98.8 Å². The number of nitrogens with one attached hydrogen (secondary N) is 1. The molecule has 0 saturated carbocycles. The van der Waals surface area contributed by atoms with Crippen molar-refractivity contribution in [1.82, 2.24) is 0 Å². The van der Waals surface area contributed by atoms with Gasteiger partial charge < -0.3 is 10.2 Å². The molecule has 0 saturated heterocycles. The van der Waals surface area contributed by atoms with E-state index >= 15 is 0 Å². The number of halogens is 1. The van der Waals surface area contributed by atoms with Crippen LogP contribution in [0, 0.1) is 3.57 Å². The second kappa shape index (κ2) is 3.96. The van der Waals surface area contributed by atoms with Crippen LogP contribution in [0.3, 0.4) is 0 Å². The number of fused-ring (bicyclic) bond motifs is 1. The van der Waals surface area contributed by atoms with Gasteiger partial charge in [-0.25, -0.2) is 0 Å². The Bertz CT molecular complexity index is 336. The fourth-order valence-electron chi connectivity index (χ4n) is 1.87. The second-order valence-corrected chi connectivity index (χ2v) is 5.12. The third-order valence-electron chi connectivity index (χ3n) is 2.56. The summed E-state index contributed by atoms with van der Waals surface area (Å²) in [5.74, 6) is 0. The van der Waals surface area contributed by atoms with Crippen molar-refractivity contribution < 1.29 is 0 Å². The molecule has 1 aliphatic heterocycles. The molecule has 0 amide bonds. The highest BCUT2D eigenvalue weighted by molar-refractivity contribution is 14.1. The van der Waals surface area contributed by atoms with Gasteiger partial charge in [-0.15, -0.1) is 0 Å². The Morgan fingerprint density at radius 2 is 2.21 bits per heavy atom. The summed E-state index contributed by atoms with van der Waals surface area (Å²) in [5, 5.41) is 3.44. The Morgan fingerprint density at radius 1 is 1.43 bits per heavy atom. The largest absolute Gasteiger partial charge is 0.382 e. The lowest BCUT2D eigenvalue weighted by molar-refractivity contribution is 0.681. The maximum Gasteiger partial charge on any atom is 0.0605 e. The third kappa shape index (κ3) is 1.82. The lowest BCUT2D eigenvalue weighted by Gasteiger charge is -2.35. The normalized spacial score (nSPS) is 15.3. The molecule has 2 nitrogen and oxygen atoms in total. The molecule has 1 aromatic carbocycles. The molecule has 76 valence electrons. The zero-order valence-corrected chi connectivity index (χ0v) is 10.7. The Balaban J connectivity index is 2.40. The fraction of sp³-hybridized carbons (Fsp3) is 0.455. The van der Waals surface area contributed by atoms with Crippen LogP contribution in [-0.2, 0) is 0 Å². The number of anilines is 2. The van der Waals surface area contributed by atoms with Crippen LogP contribution >= 0.6 is 22.6 Å². The van der Waals surface area contributed by atoms with Gasteiger partial charge in [-0.1, -0.05) is 0 Å². The first-order valence-corrected chi connectivity index (χ1v) is 6.06. The fourth-order valence-corrected chi connectivity index (χ4v) is 2.36. The smallest absolute Gasteiger partial charge is 0.0605 e. The molecule has 1 aliphatic rings. The summed E-state index contributed by atoms with van der Waals surface area (Å²) >= 11 is 2.35. The Kier molecular flexibility index (Phi) is 2.85. The van der Waals surface area contributed by atoms with Crippen molar-refractivity contribution in [2.24, 2.45) is 0 Å². The van der Waals surface area contributed by atoms with Crippen LogP contribution in [0.1, 0.15) is 13.8 Å². The van der Waals surface area contributed by atoms with Crippen molar-refractivity contribution in [3.05, 3.63) is 21.8 Å². The maximum atomic E-state index is 3.44. The van der Waals surface area contributed by atoms with E-state index in [0.717, 1.165) is 13.1 Å². The lowest BCUT2D eigenvalue weighted by atomic mass is 10.1. The van der Waals surface area contributed by atoms with Crippen molar-refractivity contribution in [2.45, 2.75) is 19.9 Å². The summed E-state index contributed by atoms with van der Waals surface area (Å²) in [6.07, 6.45) is 0. The molecular weight excluding hydrogens is 287 g/mol. The standard InChI is InChI=1S/C11H15IN2/c1-8(2)14-6-5-13-10-7-9(12)3-4-11(10)14/h3-4,7-8,13H,5-6H2,1-2H3. The highest BCUT2D eigenvalue weighted by Gasteiger charge is 2.18. The van der Waals surface area contributed by atoms with E-state index in [0.29, 0.717) is 6.04 Å². The molecule has 0 unspecified atom stereocenters. The van der Waals surface area contributed by atoms with Crippen molar-refractivity contribution in [3.8, 4) is 0 Å².